The minimum Gasteiger partial charge on any atom is -0.368 e. The Labute approximate surface area is 157 Å². The topological polar surface area (TPSA) is 78.7 Å². The number of carbonyl (C=O) groups is 2. The number of urea groups is 1. The second-order valence-electron chi connectivity index (χ2n) is 6.17. The van der Waals surface area contributed by atoms with Crippen molar-refractivity contribution in [2.75, 3.05) is 31.1 Å². The highest BCUT2D eigenvalue weighted by atomic mass is 35.5. The van der Waals surface area contributed by atoms with Gasteiger partial charge < -0.3 is 20.9 Å². The number of hydrogen-bond donors (Lipinski definition) is 2. The maximum Gasteiger partial charge on any atom is 0.312 e. The standard InChI is InChI=1S/C19H21ClN4O2/c20-16-2-1-3-17(12-16)23-8-10-24(11-9-23)18(25)15-6-4-14(5-7-15)13-22-19(21)26/h1-7,12H,8-11,13H2,(H3,21,22,26). The number of piperazine rings is 1. The molecule has 6 nitrogen and oxygen atoms in total. The normalized spacial score (nSPS) is 14.2. The summed E-state index contributed by atoms with van der Waals surface area (Å²) >= 11 is 6.05. The summed E-state index contributed by atoms with van der Waals surface area (Å²) in [5, 5.41) is 3.24. The second kappa shape index (κ2) is 8.10. The molecule has 26 heavy (non-hydrogen) atoms. The molecule has 1 aliphatic heterocycles. The Bertz CT molecular complexity index is 786. The van der Waals surface area contributed by atoms with E-state index in [2.05, 4.69) is 10.2 Å². The summed E-state index contributed by atoms with van der Waals surface area (Å²) in [6.07, 6.45) is 0. The first-order valence-electron chi connectivity index (χ1n) is 8.45. The van der Waals surface area contributed by atoms with Crippen molar-refractivity contribution in [2.45, 2.75) is 6.54 Å². The summed E-state index contributed by atoms with van der Waals surface area (Å²) in [6.45, 7) is 3.22. The number of halogens is 1. The summed E-state index contributed by atoms with van der Waals surface area (Å²) in [5.74, 6) is 0.0187. The van der Waals surface area contributed by atoms with Crippen LogP contribution in [0.2, 0.25) is 5.02 Å². The lowest BCUT2D eigenvalue weighted by Crippen LogP contribution is -2.48. The van der Waals surface area contributed by atoms with Gasteiger partial charge >= 0.3 is 6.03 Å². The van der Waals surface area contributed by atoms with Crippen molar-refractivity contribution in [1.82, 2.24) is 10.2 Å². The molecule has 1 aliphatic rings. The van der Waals surface area contributed by atoms with Crippen LogP contribution < -0.4 is 16.0 Å². The Morgan fingerprint density at radius 2 is 1.73 bits per heavy atom. The maximum atomic E-state index is 12.7. The molecular formula is C19H21ClN4O2. The average Bonchev–Trinajstić information content (AvgIpc) is 2.66. The zero-order valence-electron chi connectivity index (χ0n) is 14.3. The molecule has 0 radical (unpaired) electrons. The van der Waals surface area contributed by atoms with Gasteiger partial charge in [0.2, 0.25) is 0 Å². The van der Waals surface area contributed by atoms with Crippen molar-refractivity contribution in [1.29, 1.82) is 0 Å². The molecule has 136 valence electrons. The van der Waals surface area contributed by atoms with Gasteiger partial charge in [-0.15, -0.1) is 0 Å². The summed E-state index contributed by atoms with van der Waals surface area (Å²) < 4.78 is 0. The lowest BCUT2D eigenvalue weighted by molar-refractivity contribution is 0.0746. The third-order valence-electron chi connectivity index (χ3n) is 4.41. The monoisotopic (exact) mass is 372 g/mol. The molecule has 0 saturated carbocycles. The van der Waals surface area contributed by atoms with Crippen LogP contribution in [0.25, 0.3) is 0 Å². The van der Waals surface area contributed by atoms with Crippen molar-refractivity contribution in [3.63, 3.8) is 0 Å². The highest BCUT2D eigenvalue weighted by molar-refractivity contribution is 6.30. The smallest absolute Gasteiger partial charge is 0.312 e. The van der Waals surface area contributed by atoms with Gasteiger partial charge in [0.1, 0.15) is 0 Å². The Morgan fingerprint density at radius 3 is 2.35 bits per heavy atom. The molecule has 0 aromatic heterocycles. The predicted octanol–water partition coefficient (Wildman–Crippen LogP) is 2.47. The van der Waals surface area contributed by atoms with E-state index in [4.69, 9.17) is 17.3 Å². The highest BCUT2D eigenvalue weighted by Gasteiger charge is 2.22. The lowest BCUT2D eigenvalue weighted by atomic mass is 10.1. The van der Waals surface area contributed by atoms with E-state index in [0.29, 0.717) is 30.2 Å². The molecule has 1 heterocycles. The number of nitrogens with two attached hydrogens (primary N) is 1. The molecular weight excluding hydrogens is 352 g/mol. The number of benzene rings is 2. The van der Waals surface area contributed by atoms with Gasteiger partial charge in [0.05, 0.1) is 0 Å². The zero-order valence-corrected chi connectivity index (χ0v) is 15.1. The third kappa shape index (κ3) is 4.46. The number of primary amides is 1. The molecule has 3 amide bonds. The van der Waals surface area contributed by atoms with Gasteiger partial charge in [-0.1, -0.05) is 29.8 Å². The van der Waals surface area contributed by atoms with Crippen molar-refractivity contribution in [3.8, 4) is 0 Å². The molecule has 3 rings (SSSR count). The van der Waals surface area contributed by atoms with Crippen LogP contribution in [0.3, 0.4) is 0 Å². The Hall–Kier alpha value is -2.73. The van der Waals surface area contributed by atoms with Crippen LogP contribution in [0.1, 0.15) is 15.9 Å². The highest BCUT2D eigenvalue weighted by Crippen LogP contribution is 2.21. The number of nitrogens with zero attached hydrogens (tertiary/aromatic N) is 2. The van der Waals surface area contributed by atoms with Gasteiger partial charge in [0.25, 0.3) is 5.91 Å². The minimum absolute atomic E-state index is 0.0187. The van der Waals surface area contributed by atoms with E-state index in [0.717, 1.165) is 24.3 Å². The SMILES string of the molecule is NC(=O)NCc1ccc(C(=O)N2CCN(c3cccc(Cl)c3)CC2)cc1. The molecule has 0 spiro atoms. The lowest BCUT2D eigenvalue weighted by Gasteiger charge is -2.36. The van der Waals surface area contributed by atoms with Gasteiger partial charge in [-0.05, 0) is 35.9 Å². The van der Waals surface area contributed by atoms with Gasteiger partial charge in [0.15, 0.2) is 0 Å². The van der Waals surface area contributed by atoms with Crippen LogP contribution >= 0.6 is 11.6 Å². The van der Waals surface area contributed by atoms with E-state index in [1.165, 1.54) is 0 Å². The van der Waals surface area contributed by atoms with Crippen LogP contribution in [0.15, 0.2) is 48.5 Å². The first kappa shape index (κ1) is 18.1. The predicted molar refractivity (Wildman–Crippen MR) is 102 cm³/mol. The van der Waals surface area contributed by atoms with Gasteiger partial charge in [-0.2, -0.15) is 0 Å². The van der Waals surface area contributed by atoms with E-state index in [-0.39, 0.29) is 5.91 Å². The number of nitrogens with one attached hydrogen (secondary N) is 1. The number of hydrogen-bond acceptors (Lipinski definition) is 3. The van der Waals surface area contributed by atoms with Crippen LogP contribution in [-0.2, 0) is 6.54 Å². The van der Waals surface area contributed by atoms with E-state index in [9.17, 15) is 9.59 Å². The van der Waals surface area contributed by atoms with Crippen LogP contribution in [-0.4, -0.2) is 43.0 Å². The number of amides is 3. The quantitative estimate of drug-likeness (QED) is 0.865. The van der Waals surface area contributed by atoms with Gasteiger partial charge in [0, 0.05) is 49.0 Å². The molecule has 1 fully saturated rings. The van der Waals surface area contributed by atoms with Crippen molar-refractivity contribution in [2.24, 2.45) is 5.73 Å². The average molecular weight is 373 g/mol. The largest absolute Gasteiger partial charge is 0.368 e. The Balaban J connectivity index is 1.57. The fraction of sp³-hybridized carbons (Fsp3) is 0.263. The van der Waals surface area contributed by atoms with Crippen LogP contribution in [0.4, 0.5) is 10.5 Å². The number of rotatable bonds is 4. The summed E-state index contributed by atoms with van der Waals surface area (Å²) in [4.78, 5) is 27.5. The maximum absolute atomic E-state index is 12.7. The van der Waals surface area contributed by atoms with Gasteiger partial charge in [-0.3, -0.25) is 4.79 Å². The number of carbonyl (C=O) groups excluding carboxylic acids is 2. The van der Waals surface area contributed by atoms with Crippen LogP contribution in [0.5, 0.6) is 0 Å². The van der Waals surface area contributed by atoms with E-state index >= 15 is 0 Å². The van der Waals surface area contributed by atoms with E-state index in [1.54, 1.807) is 12.1 Å². The molecule has 2 aromatic carbocycles. The summed E-state index contributed by atoms with van der Waals surface area (Å²) in [6, 6.07) is 14.4. The summed E-state index contributed by atoms with van der Waals surface area (Å²) in [5.41, 5.74) is 7.67. The Kier molecular flexibility index (Phi) is 5.63. The molecule has 0 aliphatic carbocycles. The van der Waals surface area contributed by atoms with E-state index < -0.39 is 6.03 Å². The zero-order chi connectivity index (χ0) is 18.5. The molecule has 0 atom stereocenters. The van der Waals surface area contributed by atoms with E-state index in [1.807, 2.05) is 41.3 Å². The number of anilines is 1. The first-order valence-corrected chi connectivity index (χ1v) is 8.83. The van der Waals surface area contributed by atoms with Crippen LogP contribution in [0, 0.1) is 0 Å². The fourth-order valence-corrected chi connectivity index (χ4v) is 3.16. The molecule has 1 saturated heterocycles. The third-order valence-corrected chi connectivity index (χ3v) is 4.64. The Morgan fingerprint density at radius 1 is 1.04 bits per heavy atom. The van der Waals surface area contributed by atoms with Crippen molar-refractivity contribution in [3.05, 3.63) is 64.7 Å². The van der Waals surface area contributed by atoms with Crippen molar-refractivity contribution < 1.29 is 9.59 Å². The van der Waals surface area contributed by atoms with Gasteiger partial charge in [-0.25, -0.2) is 4.79 Å². The first-order chi connectivity index (χ1) is 12.5. The minimum atomic E-state index is -0.567. The molecule has 0 unspecified atom stereocenters. The molecule has 2 aromatic rings. The second-order valence-corrected chi connectivity index (χ2v) is 6.61. The molecule has 0 bridgehead atoms. The summed E-state index contributed by atoms with van der Waals surface area (Å²) in [7, 11) is 0. The van der Waals surface area contributed by atoms with Crippen molar-refractivity contribution >= 4 is 29.2 Å². The molecule has 3 N–H and O–H groups in total. The fourth-order valence-electron chi connectivity index (χ4n) is 2.98. The molecule has 7 heteroatoms.